The predicted octanol–water partition coefficient (Wildman–Crippen LogP) is 3.63. The summed E-state index contributed by atoms with van der Waals surface area (Å²) < 4.78 is 5.85. The maximum Gasteiger partial charge on any atom is 0.0680 e. The summed E-state index contributed by atoms with van der Waals surface area (Å²) in [6.45, 7) is 12.5. The van der Waals surface area contributed by atoms with Crippen LogP contribution in [-0.4, -0.2) is 12.2 Å². The fourth-order valence-corrected chi connectivity index (χ4v) is 2.32. The van der Waals surface area contributed by atoms with Crippen molar-refractivity contribution in [3.63, 3.8) is 0 Å². The number of hydrogen-bond donors (Lipinski definition) is 0. The van der Waals surface area contributed by atoms with Crippen LogP contribution in [0.1, 0.15) is 53.9 Å². The molecule has 13 heavy (non-hydrogen) atoms. The molecule has 0 aliphatic carbocycles. The second-order valence-corrected chi connectivity index (χ2v) is 5.93. The number of rotatable bonds is 2. The molecule has 0 amide bonds. The van der Waals surface area contributed by atoms with Crippen LogP contribution in [0.3, 0.4) is 0 Å². The van der Waals surface area contributed by atoms with Gasteiger partial charge in [-0.05, 0) is 37.5 Å². The van der Waals surface area contributed by atoms with E-state index in [1.165, 1.54) is 19.3 Å². The second-order valence-electron chi connectivity index (χ2n) is 5.93. The first kappa shape index (κ1) is 11.0. The molecule has 78 valence electrons. The van der Waals surface area contributed by atoms with E-state index in [-0.39, 0.29) is 5.60 Å². The van der Waals surface area contributed by atoms with Gasteiger partial charge in [-0.1, -0.05) is 27.7 Å². The van der Waals surface area contributed by atoms with Crippen LogP contribution in [0.15, 0.2) is 0 Å². The SMILES string of the molecule is CC(CC(C)(C)C)C1(C)CCCO1. The summed E-state index contributed by atoms with van der Waals surface area (Å²) in [5.41, 5.74) is 0.585. The highest BCUT2D eigenvalue weighted by Gasteiger charge is 2.37. The molecule has 0 radical (unpaired) electrons. The molecule has 1 aliphatic rings. The highest BCUT2D eigenvalue weighted by molar-refractivity contribution is 4.87. The quantitative estimate of drug-likeness (QED) is 0.637. The Morgan fingerprint density at radius 3 is 2.38 bits per heavy atom. The van der Waals surface area contributed by atoms with Crippen molar-refractivity contribution in [1.82, 2.24) is 0 Å². The van der Waals surface area contributed by atoms with Gasteiger partial charge in [0.25, 0.3) is 0 Å². The monoisotopic (exact) mass is 184 g/mol. The van der Waals surface area contributed by atoms with Crippen LogP contribution in [0, 0.1) is 11.3 Å². The molecule has 0 spiro atoms. The molecular weight excluding hydrogens is 160 g/mol. The third-order valence-corrected chi connectivity index (χ3v) is 3.21. The Morgan fingerprint density at radius 1 is 1.38 bits per heavy atom. The van der Waals surface area contributed by atoms with Crippen molar-refractivity contribution in [2.24, 2.45) is 11.3 Å². The van der Waals surface area contributed by atoms with Crippen molar-refractivity contribution in [3.05, 3.63) is 0 Å². The Bertz CT molecular complexity index is 160. The maximum absolute atomic E-state index is 5.85. The smallest absolute Gasteiger partial charge is 0.0680 e. The summed E-state index contributed by atoms with van der Waals surface area (Å²) in [6, 6.07) is 0. The highest BCUT2D eigenvalue weighted by Crippen LogP contribution is 2.38. The Kier molecular flexibility index (Phi) is 3.06. The molecule has 0 aromatic heterocycles. The Labute approximate surface area is 82.9 Å². The molecule has 0 aromatic rings. The largest absolute Gasteiger partial charge is 0.375 e. The highest BCUT2D eigenvalue weighted by atomic mass is 16.5. The van der Waals surface area contributed by atoms with Gasteiger partial charge in [-0.3, -0.25) is 0 Å². The molecule has 0 aromatic carbocycles. The maximum atomic E-state index is 5.85. The summed E-state index contributed by atoms with van der Waals surface area (Å²) in [5.74, 6) is 0.676. The molecule has 1 fully saturated rings. The summed E-state index contributed by atoms with van der Waals surface area (Å²) in [6.07, 6.45) is 3.73. The van der Waals surface area contributed by atoms with E-state index in [0.717, 1.165) is 6.61 Å². The van der Waals surface area contributed by atoms with Gasteiger partial charge in [-0.15, -0.1) is 0 Å². The standard InChI is InChI=1S/C12H24O/c1-10(9-11(2,3)4)12(5)7-6-8-13-12/h10H,6-9H2,1-5H3. The first-order chi connectivity index (χ1) is 5.83. The Morgan fingerprint density at radius 2 is 2.00 bits per heavy atom. The predicted molar refractivity (Wildman–Crippen MR) is 56.8 cm³/mol. The summed E-state index contributed by atoms with van der Waals surface area (Å²) in [4.78, 5) is 0. The van der Waals surface area contributed by atoms with Gasteiger partial charge in [0.1, 0.15) is 0 Å². The second kappa shape index (κ2) is 3.61. The zero-order valence-corrected chi connectivity index (χ0v) is 9.81. The van der Waals surface area contributed by atoms with Crippen molar-refractivity contribution in [2.45, 2.75) is 59.5 Å². The minimum Gasteiger partial charge on any atom is -0.375 e. The van der Waals surface area contributed by atoms with Crippen molar-refractivity contribution in [2.75, 3.05) is 6.61 Å². The van der Waals surface area contributed by atoms with E-state index >= 15 is 0 Å². The molecule has 2 unspecified atom stereocenters. The summed E-state index contributed by atoms with van der Waals surface area (Å²) >= 11 is 0. The summed E-state index contributed by atoms with van der Waals surface area (Å²) in [5, 5.41) is 0. The molecule has 1 heterocycles. The van der Waals surface area contributed by atoms with Gasteiger partial charge in [-0.25, -0.2) is 0 Å². The van der Waals surface area contributed by atoms with Crippen LogP contribution >= 0.6 is 0 Å². The van der Waals surface area contributed by atoms with Crippen molar-refractivity contribution in [1.29, 1.82) is 0 Å². The molecule has 0 bridgehead atoms. The third-order valence-electron chi connectivity index (χ3n) is 3.21. The van der Waals surface area contributed by atoms with Gasteiger partial charge in [0.05, 0.1) is 5.60 Å². The van der Waals surface area contributed by atoms with Crippen LogP contribution in [0.5, 0.6) is 0 Å². The first-order valence-corrected chi connectivity index (χ1v) is 5.47. The van der Waals surface area contributed by atoms with E-state index in [2.05, 4.69) is 34.6 Å². The molecule has 1 nitrogen and oxygen atoms in total. The zero-order valence-electron chi connectivity index (χ0n) is 9.81. The van der Waals surface area contributed by atoms with Gasteiger partial charge in [0.2, 0.25) is 0 Å². The lowest BCUT2D eigenvalue weighted by molar-refractivity contribution is -0.0347. The molecule has 1 rings (SSSR count). The molecule has 1 heteroatoms. The van der Waals surface area contributed by atoms with Crippen molar-refractivity contribution >= 4 is 0 Å². The molecular formula is C12H24O. The van der Waals surface area contributed by atoms with Crippen LogP contribution < -0.4 is 0 Å². The van der Waals surface area contributed by atoms with E-state index in [4.69, 9.17) is 4.74 Å². The molecule has 0 saturated carbocycles. The van der Waals surface area contributed by atoms with Crippen LogP contribution in [0.25, 0.3) is 0 Å². The van der Waals surface area contributed by atoms with Gasteiger partial charge in [0.15, 0.2) is 0 Å². The van der Waals surface area contributed by atoms with Gasteiger partial charge in [0, 0.05) is 6.61 Å². The molecule has 1 saturated heterocycles. The van der Waals surface area contributed by atoms with E-state index in [0.29, 0.717) is 11.3 Å². The van der Waals surface area contributed by atoms with E-state index in [9.17, 15) is 0 Å². The first-order valence-electron chi connectivity index (χ1n) is 5.47. The lowest BCUT2D eigenvalue weighted by Gasteiger charge is -2.35. The number of hydrogen-bond acceptors (Lipinski definition) is 1. The lowest BCUT2D eigenvalue weighted by Crippen LogP contribution is -2.34. The minimum absolute atomic E-state index is 0.160. The van der Waals surface area contributed by atoms with E-state index < -0.39 is 0 Å². The molecule has 2 atom stereocenters. The van der Waals surface area contributed by atoms with Gasteiger partial charge < -0.3 is 4.74 Å². The normalized spacial score (nSPS) is 32.1. The van der Waals surface area contributed by atoms with Crippen LogP contribution in [0.2, 0.25) is 0 Å². The van der Waals surface area contributed by atoms with E-state index in [1.54, 1.807) is 0 Å². The minimum atomic E-state index is 0.160. The van der Waals surface area contributed by atoms with Crippen molar-refractivity contribution in [3.8, 4) is 0 Å². The lowest BCUT2D eigenvalue weighted by atomic mass is 9.77. The molecule has 0 N–H and O–H groups in total. The Balaban J connectivity index is 2.51. The zero-order chi connectivity index (χ0) is 10.1. The average molecular weight is 184 g/mol. The van der Waals surface area contributed by atoms with Crippen LogP contribution in [0.4, 0.5) is 0 Å². The molecule has 1 aliphatic heterocycles. The average Bonchev–Trinajstić information content (AvgIpc) is 2.33. The van der Waals surface area contributed by atoms with Gasteiger partial charge in [-0.2, -0.15) is 0 Å². The summed E-state index contributed by atoms with van der Waals surface area (Å²) in [7, 11) is 0. The Hall–Kier alpha value is -0.0400. The third kappa shape index (κ3) is 2.98. The van der Waals surface area contributed by atoms with Crippen LogP contribution in [-0.2, 0) is 4.74 Å². The fraction of sp³-hybridized carbons (Fsp3) is 1.00. The topological polar surface area (TPSA) is 9.23 Å². The number of ether oxygens (including phenoxy) is 1. The van der Waals surface area contributed by atoms with Crippen molar-refractivity contribution < 1.29 is 4.74 Å². The van der Waals surface area contributed by atoms with Gasteiger partial charge >= 0.3 is 0 Å². The fourth-order valence-electron chi connectivity index (χ4n) is 2.32. The van der Waals surface area contributed by atoms with E-state index in [1.807, 2.05) is 0 Å².